The van der Waals surface area contributed by atoms with Crippen LogP contribution in [0.3, 0.4) is 0 Å². The minimum atomic E-state index is -0.569. The maximum absolute atomic E-state index is 12.1. The molecule has 1 amide bonds. The predicted octanol–water partition coefficient (Wildman–Crippen LogP) is 1.82. The van der Waals surface area contributed by atoms with Gasteiger partial charge in [-0.15, -0.1) is 0 Å². The van der Waals surface area contributed by atoms with Crippen LogP contribution in [0.2, 0.25) is 0 Å². The van der Waals surface area contributed by atoms with Gasteiger partial charge < -0.3 is 14.9 Å². The van der Waals surface area contributed by atoms with Crippen LogP contribution in [-0.2, 0) is 0 Å². The number of hydrazone groups is 1. The molecule has 2 N–H and O–H groups in total. The Morgan fingerprint density at radius 1 is 1.21 bits per heavy atom. The average Bonchev–Trinajstić information content (AvgIpc) is 2.69. The fraction of sp³-hybridized carbons (Fsp3) is 0.263. The summed E-state index contributed by atoms with van der Waals surface area (Å²) in [4.78, 5) is 27.2. The zero-order chi connectivity index (χ0) is 20.1. The number of carbonyl (C=O) groups is 1. The molecule has 1 aliphatic rings. The third-order valence-corrected chi connectivity index (χ3v) is 4.58. The van der Waals surface area contributed by atoms with Gasteiger partial charge in [-0.05, 0) is 25.2 Å². The lowest BCUT2D eigenvalue weighted by molar-refractivity contribution is -0.384. The van der Waals surface area contributed by atoms with Crippen LogP contribution >= 0.6 is 0 Å². The summed E-state index contributed by atoms with van der Waals surface area (Å²) in [5.41, 5.74) is 3.75. The van der Waals surface area contributed by atoms with Gasteiger partial charge in [0, 0.05) is 49.6 Å². The molecule has 0 bridgehead atoms. The van der Waals surface area contributed by atoms with Gasteiger partial charge >= 0.3 is 0 Å². The largest absolute Gasteiger partial charge is 0.507 e. The topological polar surface area (TPSA) is 111 Å². The molecular formula is C19H21N5O4. The molecule has 0 atom stereocenters. The lowest BCUT2D eigenvalue weighted by Gasteiger charge is -2.34. The highest BCUT2D eigenvalue weighted by atomic mass is 16.6. The summed E-state index contributed by atoms with van der Waals surface area (Å²) in [6.07, 6.45) is 1.39. The Hall–Kier alpha value is -3.46. The number of nitrogens with zero attached hydrogens (tertiary/aromatic N) is 4. The molecule has 0 spiro atoms. The summed E-state index contributed by atoms with van der Waals surface area (Å²) >= 11 is 0. The van der Waals surface area contributed by atoms with Crippen molar-refractivity contribution >= 4 is 23.5 Å². The number of rotatable bonds is 5. The number of aromatic hydroxyl groups is 1. The predicted molar refractivity (Wildman–Crippen MR) is 106 cm³/mol. The van der Waals surface area contributed by atoms with E-state index in [1.165, 1.54) is 30.5 Å². The molecule has 9 nitrogen and oxygen atoms in total. The molecule has 0 unspecified atom stereocenters. The van der Waals surface area contributed by atoms with E-state index in [9.17, 15) is 20.0 Å². The van der Waals surface area contributed by atoms with Crippen molar-refractivity contribution in [1.29, 1.82) is 0 Å². The lowest BCUT2D eigenvalue weighted by atomic mass is 10.1. The molecule has 2 aromatic carbocycles. The fourth-order valence-electron chi connectivity index (χ4n) is 2.98. The van der Waals surface area contributed by atoms with Crippen molar-refractivity contribution in [3.05, 3.63) is 63.7 Å². The van der Waals surface area contributed by atoms with E-state index < -0.39 is 10.8 Å². The number of amides is 1. The summed E-state index contributed by atoms with van der Waals surface area (Å²) < 4.78 is 0. The van der Waals surface area contributed by atoms with E-state index in [0.717, 1.165) is 31.9 Å². The molecule has 146 valence electrons. The van der Waals surface area contributed by atoms with Crippen LogP contribution in [0.1, 0.15) is 15.9 Å². The second-order valence-electron chi connectivity index (χ2n) is 6.51. The second kappa shape index (κ2) is 8.49. The molecule has 0 saturated carbocycles. The van der Waals surface area contributed by atoms with E-state index in [-0.39, 0.29) is 17.0 Å². The molecule has 0 aliphatic carbocycles. The highest BCUT2D eigenvalue weighted by Crippen LogP contribution is 2.25. The van der Waals surface area contributed by atoms with Gasteiger partial charge in [-0.1, -0.05) is 12.1 Å². The zero-order valence-corrected chi connectivity index (χ0v) is 15.4. The van der Waals surface area contributed by atoms with E-state index in [4.69, 9.17) is 0 Å². The van der Waals surface area contributed by atoms with Crippen molar-refractivity contribution in [2.75, 3.05) is 38.1 Å². The summed E-state index contributed by atoms with van der Waals surface area (Å²) in [6, 6.07) is 10.7. The normalized spacial score (nSPS) is 15.0. The first-order chi connectivity index (χ1) is 13.5. The molecule has 2 aromatic rings. The van der Waals surface area contributed by atoms with E-state index in [1.54, 1.807) is 18.2 Å². The molecule has 0 radical (unpaired) electrons. The SMILES string of the molecule is CN1CCN(c2ccc([N+](=O)[O-])cc2/C=N/NC(=O)c2ccccc2O)CC1. The van der Waals surface area contributed by atoms with Gasteiger partial charge in [0.15, 0.2) is 0 Å². The molecule has 1 saturated heterocycles. The summed E-state index contributed by atoms with van der Waals surface area (Å²) in [6.45, 7) is 3.36. The molecular weight excluding hydrogens is 362 g/mol. The maximum Gasteiger partial charge on any atom is 0.275 e. The number of hydrogen-bond donors (Lipinski definition) is 2. The van der Waals surface area contributed by atoms with Crippen LogP contribution in [-0.4, -0.2) is 60.3 Å². The van der Waals surface area contributed by atoms with Crippen molar-refractivity contribution in [3.63, 3.8) is 0 Å². The number of carbonyl (C=O) groups excluding carboxylic acids is 1. The highest BCUT2D eigenvalue weighted by molar-refractivity contribution is 5.97. The average molecular weight is 383 g/mol. The first-order valence-corrected chi connectivity index (χ1v) is 8.79. The quantitative estimate of drug-likeness (QED) is 0.463. The number of nitrogens with one attached hydrogen (secondary N) is 1. The van der Waals surface area contributed by atoms with Crippen LogP contribution in [0.15, 0.2) is 47.6 Å². The van der Waals surface area contributed by atoms with Gasteiger partial charge in [-0.3, -0.25) is 14.9 Å². The van der Waals surface area contributed by atoms with Crippen molar-refractivity contribution in [2.45, 2.75) is 0 Å². The molecule has 1 heterocycles. The standard InChI is InChI=1S/C19H21N5O4/c1-22-8-10-23(11-9-22)17-7-6-15(24(27)28)12-14(17)13-20-21-19(26)16-4-2-3-5-18(16)25/h2-7,12-13,25H,8-11H2,1H3,(H,21,26)/b20-13+. The number of non-ortho nitro benzene ring substituents is 1. The number of piperazine rings is 1. The van der Waals surface area contributed by atoms with Gasteiger partial charge in [0.25, 0.3) is 11.6 Å². The molecule has 3 rings (SSSR count). The Morgan fingerprint density at radius 2 is 1.93 bits per heavy atom. The van der Waals surface area contributed by atoms with Crippen LogP contribution in [0.5, 0.6) is 5.75 Å². The Balaban J connectivity index is 1.81. The van der Waals surface area contributed by atoms with Crippen LogP contribution in [0, 0.1) is 10.1 Å². The second-order valence-corrected chi connectivity index (χ2v) is 6.51. The number of phenolic OH excluding ortho intramolecular Hbond substituents is 1. The first kappa shape index (κ1) is 19.3. The fourth-order valence-corrected chi connectivity index (χ4v) is 2.98. The first-order valence-electron chi connectivity index (χ1n) is 8.79. The molecule has 28 heavy (non-hydrogen) atoms. The minimum absolute atomic E-state index is 0.0497. The van der Waals surface area contributed by atoms with Crippen LogP contribution in [0.25, 0.3) is 0 Å². The highest BCUT2D eigenvalue weighted by Gasteiger charge is 2.19. The van der Waals surface area contributed by atoms with Gasteiger partial charge in [0.2, 0.25) is 0 Å². The van der Waals surface area contributed by atoms with Crippen LogP contribution < -0.4 is 10.3 Å². The number of para-hydroxylation sites is 1. The Labute approximate surface area is 162 Å². The number of phenols is 1. The molecule has 1 aliphatic heterocycles. The number of anilines is 1. The van der Waals surface area contributed by atoms with E-state index in [2.05, 4.69) is 20.3 Å². The van der Waals surface area contributed by atoms with E-state index in [1.807, 2.05) is 7.05 Å². The Bertz CT molecular complexity index is 907. The summed E-state index contributed by atoms with van der Waals surface area (Å²) in [7, 11) is 2.05. The van der Waals surface area contributed by atoms with E-state index >= 15 is 0 Å². The van der Waals surface area contributed by atoms with Crippen LogP contribution in [0.4, 0.5) is 11.4 Å². The summed E-state index contributed by atoms with van der Waals surface area (Å²) in [5, 5.41) is 24.8. The van der Waals surface area contributed by atoms with Crippen molar-refractivity contribution < 1.29 is 14.8 Å². The maximum atomic E-state index is 12.1. The minimum Gasteiger partial charge on any atom is -0.507 e. The van der Waals surface area contributed by atoms with Crippen molar-refractivity contribution in [3.8, 4) is 5.75 Å². The third-order valence-electron chi connectivity index (χ3n) is 4.58. The van der Waals surface area contributed by atoms with Gasteiger partial charge in [0.05, 0.1) is 16.7 Å². The van der Waals surface area contributed by atoms with E-state index in [0.29, 0.717) is 5.56 Å². The Morgan fingerprint density at radius 3 is 2.61 bits per heavy atom. The number of hydrogen-bond acceptors (Lipinski definition) is 7. The van der Waals surface area contributed by atoms with Crippen molar-refractivity contribution in [2.24, 2.45) is 5.10 Å². The zero-order valence-electron chi connectivity index (χ0n) is 15.4. The lowest BCUT2D eigenvalue weighted by Crippen LogP contribution is -2.44. The van der Waals surface area contributed by atoms with Gasteiger partial charge in [-0.2, -0.15) is 5.10 Å². The monoisotopic (exact) mass is 383 g/mol. The van der Waals surface area contributed by atoms with Crippen molar-refractivity contribution in [1.82, 2.24) is 10.3 Å². The van der Waals surface area contributed by atoms with Gasteiger partial charge in [0.1, 0.15) is 5.75 Å². The third kappa shape index (κ3) is 4.44. The molecule has 0 aromatic heterocycles. The summed E-state index contributed by atoms with van der Waals surface area (Å²) in [5.74, 6) is -0.718. The Kier molecular flexibility index (Phi) is 5.85. The molecule has 1 fully saturated rings. The number of likely N-dealkylation sites (N-methyl/N-ethyl adjacent to an activating group) is 1. The molecule has 9 heteroatoms. The number of benzene rings is 2. The number of nitro groups is 1. The smallest absolute Gasteiger partial charge is 0.275 e. The number of nitro benzene ring substituents is 1. The van der Waals surface area contributed by atoms with Gasteiger partial charge in [-0.25, -0.2) is 5.43 Å².